The zero-order valence-electron chi connectivity index (χ0n) is 21.4. The van der Waals surface area contributed by atoms with Crippen molar-refractivity contribution in [3.05, 3.63) is 124 Å². The Morgan fingerprint density at radius 1 is 0.558 bits per heavy atom. The molecule has 13 heteroatoms. The van der Waals surface area contributed by atoms with Crippen molar-refractivity contribution >= 4 is 52.3 Å². The van der Waals surface area contributed by atoms with E-state index in [9.17, 15) is 39.6 Å². The molecule has 1 aromatic carbocycles. The van der Waals surface area contributed by atoms with E-state index in [-0.39, 0.29) is 39.8 Å². The van der Waals surface area contributed by atoms with Crippen molar-refractivity contribution in [3.8, 4) is 0 Å². The van der Waals surface area contributed by atoms with Gasteiger partial charge in [-0.3, -0.25) is 0 Å². The van der Waals surface area contributed by atoms with E-state index in [0.29, 0.717) is 22.7 Å². The fourth-order valence-electron chi connectivity index (χ4n) is 4.91. The van der Waals surface area contributed by atoms with E-state index >= 15 is 0 Å². The summed E-state index contributed by atoms with van der Waals surface area (Å²) in [5.41, 5.74) is -2.79. The minimum atomic E-state index is -1.78. The van der Waals surface area contributed by atoms with E-state index in [0.717, 1.165) is 0 Å². The number of rotatable bonds is 5. The third-order valence-electron chi connectivity index (χ3n) is 6.57. The van der Waals surface area contributed by atoms with Gasteiger partial charge in [-0.2, -0.15) is 0 Å². The smallest absolute Gasteiger partial charge is 0.340 e. The summed E-state index contributed by atoms with van der Waals surface area (Å²) < 4.78 is 0. The summed E-state index contributed by atoms with van der Waals surface area (Å²) >= 11 is 0. The maximum Gasteiger partial charge on any atom is 0.340 e. The Morgan fingerprint density at radius 3 is 1.70 bits per heavy atom. The predicted octanol–water partition coefficient (Wildman–Crippen LogP) is 2.92. The van der Waals surface area contributed by atoms with Crippen molar-refractivity contribution in [1.82, 2.24) is 0 Å². The maximum absolute atomic E-state index is 12.8. The van der Waals surface area contributed by atoms with Crippen LogP contribution in [0.4, 0.5) is 0 Å². The maximum atomic E-state index is 12.8. The first-order valence-corrected chi connectivity index (χ1v) is 12.2. The Bertz CT molecular complexity index is 1960. The quantitative estimate of drug-likeness (QED) is 0.359. The molecule has 215 valence electrons. The van der Waals surface area contributed by atoms with Gasteiger partial charge < -0.3 is 20.4 Å². The summed E-state index contributed by atoms with van der Waals surface area (Å²) in [7, 11) is 0. The molecule has 43 heavy (non-hydrogen) atoms. The van der Waals surface area contributed by atoms with Crippen LogP contribution in [0.5, 0.6) is 0 Å². The minimum Gasteiger partial charge on any atom is -0.478 e. The Balaban J connectivity index is 0.00000368. The topological polar surface area (TPSA) is 199 Å². The molecule has 0 amide bonds. The molecule has 12 nitrogen and oxygen atoms in total. The van der Waals surface area contributed by atoms with E-state index in [1.54, 1.807) is 60.7 Å². The zero-order chi connectivity index (χ0) is 29.7. The number of hydrogen-bond donors (Lipinski definition) is 4. The van der Waals surface area contributed by atoms with Gasteiger partial charge in [0.2, 0.25) is 0 Å². The van der Waals surface area contributed by atoms with Crippen LogP contribution < -0.4 is 0 Å². The molecule has 0 aliphatic carbocycles. The number of nitrogens with zero attached hydrogens (tertiary/aromatic N) is 4. The first-order valence-electron chi connectivity index (χ1n) is 12.2. The molecule has 1 radical (unpaired) electrons. The number of aliphatic imine (C=N–C) groups is 4. The van der Waals surface area contributed by atoms with Crippen molar-refractivity contribution in [1.29, 1.82) is 0 Å². The molecule has 5 aliphatic rings. The van der Waals surface area contributed by atoms with Crippen molar-refractivity contribution in [3.63, 3.8) is 0 Å². The number of carbonyl (C=O) groups is 4. The summed E-state index contributed by atoms with van der Waals surface area (Å²) in [4.78, 5) is 67.7. The SMILES string of the molecule is O=C(O)C1=C2N=C(C=C3C=CC(=N3)C=C3C=CC(=N3)C=C3N=C1C(C(=O)O)=C3C(=O)O)C(c1ccccc1)=C2C(=O)O.[Cu]. The van der Waals surface area contributed by atoms with Gasteiger partial charge >= 0.3 is 23.9 Å². The van der Waals surface area contributed by atoms with Gasteiger partial charge in [0.1, 0.15) is 16.7 Å². The molecular weight excluding hydrogens is 608 g/mol. The van der Waals surface area contributed by atoms with Crippen LogP contribution in [0.1, 0.15) is 5.56 Å². The Morgan fingerprint density at radius 2 is 1.12 bits per heavy atom. The molecule has 1 aromatic rings. The van der Waals surface area contributed by atoms with Gasteiger partial charge in [-0.1, -0.05) is 30.3 Å². The number of carboxylic acid groups (broad SMARTS) is 4. The Labute approximate surface area is 252 Å². The van der Waals surface area contributed by atoms with E-state index < -0.39 is 57.6 Å². The first-order chi connectivity index (χ1) is 20.1. The van der Waals surface area contributed by atoms with Crippen LogP contribution in [0.15, 0.2) is 138 Å². The second kappa shape index (κ2) is 10.9. The number of allylic oxidation sites excluding steroid dienone is 8. The van der Waals surface area contributed by atoms with Crippen LogP contribution in [0, 0.1) is 0 Å². The van der Waals surface area contributed by atoms with Crippen molar-refractivity contribution in [2.24, 2.45) is 20.0 Å². The zero-order valence-corrected chi connectivity index (χ0v) is 22.4. The number of hydrogen-bond acceptors (Lipinski definition) is 8. The summed E-state index contributed by atoms with van der Waals surface area (Å²) in [5, 5.41) is 40.8. The van der Waals surface area contributed by atoms with Crippen LogP contribution in [0.25, 0.3) is 5.57 Å². The standard InChI is InChI=1S/C30H16N4O8.Cu/c35-27(36)21-19-12-17-9-7-15(32-17)10-14-6-8-16(31-14)11-18-20(13-4-2-1-3-5-13)22(28(37)38)25(33-18)24(30(41)42)26(34-19)23(21)29(39)40;/h1-12H,(H,35,36)(H,37,38)(H,39,40)(H,41,42);. The summed E-state index contributed by atoms with van der Waals surface area (Å²) in [5.74, 6) is -6.76. The van der Waals surface area contributed by atoms with Crippen molar-refractivity contribution in [2.75, 3.05) is 0 Å². The molecule has 4 N–H and O–H groups in total. The van der Waals surface area contributed by atoms with Gasteiger partial charge in [0.15, 0.2) is 0 Å². The van der Waals surface area contributed by atoms with E-state index in [1.807, 2.05) is 0 Å². The summed E-state index contributed by atoms with van der Waals surface area (Å²) in [6.07, 6.45) is 10.9. The van der Waals surface area contributed by atoms with Crippen LogP contribution in [0.2, 0.25) is 0 Å². The van der Waals surface area contributed by atoms with Crippen LogP contribution in [0.3, 0.4) is 0 Å². The molecule has 0 saturated carbocycles. The normalized spacial score (nSPS) is 18.4. The average molecular weight is 624 g/mol. The van der Waals surface area contributed by atoms with Crippen LogP contribution in [-0.4, -0.2) is 67.2 Å². The molecule has 6 rings (SSSR count). The third-order valence-corrected chi connectivity index (χ3v) is 6.57. The molecule has 0 aromatic heterocycles. The molecule has 0 fully saturated rings. The van der Waals surface area contributed by atoms with E-state index in [1.165, 1.54) is 12.2 Å². The minimum absolute atomic E-state index is 0. The van der Waals surface area contributed by atoms with Crippen molar-refractivity contribution < 1.29 is 56.7 Å². The molecule has 5 aliphatic heterocycles. The number of aliphatic carboxylic acids is 4. The molecule has 0 saturated heterocycles. The molecule has 0 unspecified atom stereocenters. The van der Waals surface area contributed by atoms with E-state index in [4.69, 9.17) is 0 Å². The Kier molecular flexibility index (Phi) is 7.28. The number of fused-ring (bicyclic) bond motifs is 4. The van der Waals surface area contributed by atoms with Gasteiger partial charge in [0.05, 0.1) is 51.2 Å². The van der Waals surface area contributed by atoms with Gasteiger partial charge in [0.25, 0.3) is 0 Å². The predicted molar refractivity (Wildman–Crippen MR) is 150 cm³/mol. The fourth-order valence-corrected chi connectivity index (χ4v) is 4.91. The molecule has 0 spiro atoms. The van der Waals surface area contributed by atoms with E-state index in [2.05, 4.69) is 20.0 Å². The number of benzene rings is 1. The van der Waals surface area contributed by atoms with Crippen LogP contribution in [-0.2, 0) is 36.2 Å². The molecule has 8 bridgehead atoms. The van der Waals surface area contributed by atoms with Crippen molar-refractivity contribution in [2.45, 2.75) is 0 Å². The first kappa shape index (κ1) is 28.7. The average Bonchev–Trinajstić information content (AvgIpc) is 3.71. The van der Waals surface area contributed by atoms with Gasteiger partial charge in [-0.25, -0.2) is 39.1 Å². The van der Waals surface area contributed by atoms with Gasteiger partial charge in [0, 0.05) is 22.6 Å². The number of carboxylic acids is 4. The second-order valence-corrected chi connectivity index (χ2v) is 9.18. The van der Waals surface area contributed by atoms with Crippen LogP contribution >= 0.6 is 0 Å². The van der Waals surface area contributed by atoms with Gasteiger partial charge in [-0.15, -0.1) is 0 Å². The Hall–Kier alpha value is -5.78. The summed E-state index contributed by atoms with van der Waals surface area (Å²) in [6.45, 7) is 0. The van der Waals surface area contributed by atoms with Gasteiger partial charge in [-0.05, 0) is 48.1 Å². The molecule has 0 atom stereocenters. The third kappa shape index (κ3) is 4.99. The molecule has 5 heterocycles. The monoisotopic (exact) mass is 623 g/mol. The second-order valence-electron chi connectivity index (χ2n) is 9.18. The summed E-state index contributed by atoms with van der Waals surface area (Å²) in [6, 6.07) is 8.26. The molecular formula is C30H16CuN4O8. The largest absolute Gasteiger partial charge is 0.478 e. The fraction of sp³-hybridized carbons (Fsp3) is 0.